The first-order valence-corrected chi connectivity index (χ1v) is 12.3. The third-order valence-electron chi connectivity index (χ3n) is 5.35. The normalized spacial score (nSPS) is 12.3. The molecule has 0 aromatic heterocycles. The SMILES string of the molecule is OC(CC=P(c1ccccc1)(c1ccccc1)c1ccccc1)c1ccc(Cl)cc1. The Hall–Kier alpha value is -2.57. The standard InChI is InChI=1S/C27H24ClOP/c28-23-18-16-22(17-19-23)27(29)20-21-30(24-10-4-1-5-11-24,25-12-6-2-7-13-25)26-14-8-3-9-15-26/h1-19,21,27,29H,20H2. The summed E-state index contributed by atoms with van der Waals surface area (Å²) in [5.41, 5.74) is 0.878. The molecule has 30 heavy (non-hydrogen) atoms. The van der Waals surface area contributed by atoms with Gasteiger partial charge < -0.3 is 5.11 Å². The van der Waals surface area contributed by atoms with E-state index in [2.05, 4.69) is 96.8 Å². The Labute approximate surface area is 183 Å². The summed E-state index contributed by atoms with van der Waals surface area (Å²) < 4.78 is 0. The lowest BCUT2D eigenvalue weighted by Crippen LogP contribution is -2.27. The van der Waals surface area contributed by atoms with Gasteiger partial charge in [-0.3, -0.25) is 0 Å². The van der Waals surface area contributed by atoms with Gasteiger partial charge in [-0.1, -0.05) is 121 Å². The van der Waals surface area contributed by atoms with E-state index in [1.54, 1.807) is 0 Å². The van der Waals surface area contributed by atoms with E-state index in [-0.39, 0.29) is 0 Å². The Morgan fingerprint density at radius 3 is 1.43 bits per heavy atom. The van der Waals surface area contributed by atoms with Gasteiger partial charge in [-0.2, -0.15) is 0 Å². The Bertz CT molecular complexity index is 1020. The largest absolute Gasteiger partial charge is 0.388 e. The van der Waals surface area contributed by atoms with Gasteiger partial charge in [-0.05, 0) is 46.9 Å². The fourth-order valence-electron chi connectivity index (χ4n) is 3.83. The van der Waals surface area contributed by atoms with Crippen molar-refractivity contribution < 1.29 is 5.11 Å². The molecule has 3 heteroatoms. The Balaban J connectivity index is 1.90. The topological polar surface area (TPSA) is 20.2 Å². The molecule has 0 aliphatic carbocycles. The second kappa shape index (κ2) is 9.49. The van der Waals surface area contributed by atoms with E-state index < -0.39 is 13.0 Å². The molecule has 0 bridgehead atoms. The Morgan fingerprint density at radius 2 is 1.03 bits per heavy atom. The van der Waals surface area contributed by atoms with Crippen LogP contribution in [0.25, 0.3) is 0 Å². The lowest BCUT2D eigenvalue weighted by Gasteiger charge is -2.29. The molecule has 4 rings (SSSR count). The molecule has 1 unspecified atom stereocenters. The molecule has 0 aliphatic heterocycles. The van der Waals surface area contributed by atoms with Crippen LogP contribution in [-0.4, -0.2) is 10.9 Å². The highest BCUT2D eigenvalue weighted by molar-refractivity contribution is 7.94. The van der Waals surface area contributed by atoms with Gasteiger partial charge in [0.15, 0.2) is 0 Å². The van der Waals surface area contributed by atoms with Crippen LogP contribution in [0.4, 0.5) is 0 Å². The summed E-state index contributed by atoms with van der Waals surface area (Å²) in [5, 5.41) is 15.5. The zero-order chi connectivity index (χ0) is 20.8. The summed E-state index contributed by atoms with van der Waals surface area (Å²) in [7, 11) is 0. The molecule has 4 aromatic rings. The summed E-state index contributed by atoms with van der Waals surface area (Å²) in [4.78, 5) is 0. The van der Waals surface area contributed by atoms with Crippen LogP contribution in [0.3, 0.4) is 0 Å². The number of aliphatic hydroxyl groups excluding tert-OH is 1. The van der Waals surface area contributed by atoms with Crippen molar-refractivity contribution in [3.05, 3.63) is 126 Å². The molecule has 0 radical (unpaired) electrons. The van der Waals surface area contributed by atoms with E-state index in [0.717, 1.165) is 5.56 Å². The highest BCUT2D eigenvalue weighted by Crippen LogP contribution is 2.44. The first-order valence-electron chi connectivity index (χ1n) is 10.0. The van der Waals surface area contributed by atoms with E-state index >= 15 is 0 Å². The van der Waals surface area contributed by atoms with Gasteiger partial charge in [-0.25, -0.2) is 0 Å². The van der Waals surface area contributed by atoms with Crippen molar-refractivity contribution in [2.45, 2.75) is 12.5 Å². The smallest absolute Gasteiger partial charge is 0.0825 e. The third-order valence-corrected chi connectivity index (χ3v) is 9.70. The number of hydrogen-bond donors (Lipinski definition) is 1. The molecule has 1 atom stereocenters. The molecular formula is C27H24ClOP. The molecule has 1 nitrogen and oxygen atoms in total. The lowest BCUT2D eigenvalue weighted by molar-refractivity contribution is 0.188. The fraction of sp³-hybridized carbons (Fsp3) is 0.0741. The molecule has 0 saturated heterocycles. The monoisotopic (exact) mass is 430 g/mol. The van der Waals surface area contributed by atoms with E-state index in [4.69, 9.17) is 11.6 Å². The van der Waals surface area contributed by atoms with Crippen molar-refractivity contribution in [2.75, 3.05) is 0 Å². The molecule has 0 heterocycles. The number of halogens is 1. The molecule has 0 fully saturated rings. The number of aliphatic hydroxyl groups is 1. The van der Waals surface area contributed by atoms with Crippen LogP contribution in [0.5, 0.6) is 0 Å². The van der Waals surface area contributed by atoms with Gasteiger partial charge in [0.2, 0.25) is 0 Å². The Kier molecular flexibility index (Phi) is 6.55. The average molecular weight is 431 g/mol. The van der Waals surface area contributed by atoms with Gasteiger partial charge >= 0.3 is 0 Å². The zero-order valence-corrected chi connectivity index (χ0v) is 18.3. The predicted molar refractivity (Wildman–Crippen MR) is 132 cm³/mol. The summed E-state index contributed by atoms with van der Waals surface area (Å²) in [6, 6.07) is 39.4. The summed E-state index contributed by atoms with van der Waals surface area (Å²) in [6.45, 7) is -2.05. The molecular weight excluding hydrogens is 407 g/mol. The van der Waals surface area contributed by atoms with Gasteiger partial charge in [0.25, 0.3) is 0 Å². The highest BCUT2D eigenvalue weighted by atomic mass is 35.5. The lowest BCUT2D eigenvalue weighted by atomic mass is 10.1. The fourth-order valence-corrected chi connectivity index (χ4v) is 7.93. The second-order valence-corrected chi connectivity index (χ2v) is 11.0. The van der Waals surface area contributed by atoms with Crippen molar-refractivity contribution in [1.82, 2.24) is 0 Å². The van der Waals surface area contributed by atoms with E-state index in [9.17, 15) is 5.11 Å². The van der Waals surface area contributed by atoms with Crippen LogP contribution >= 0.6 is 18.5 Å². The third kappa shape index (κ3) is 4.30. The van der Waals surface area contributed by atoms with Crippen molar-refractivity contribution in [3.63, 3.8) is 0 Å². The highest BCUT2D eigenvalue weighted by Gasteiger charge is 2.25. The van der Waals surface area contributed by atoms with Crippen molar-refractivity contribution in [2.24, 2.45) is 0 Å². The summed E-state index contributed by atoms with van der Waals surface area (Å²) in [6.07, 6.45) is -0.0357. The molecule has 0 spiro atoms. The predicted octanol–water partition coefficient (Wildman–Crippen LogP) is 5.56. The maximum Gasteiger partial charge on any atom is 0.0825 e. The number of benzene rings is 4. The quantitative estimate of drug-likeness (QED) is 0.397. The van der Waals surface area contributed by atoms with Gasteiger partial charge in [0.05, 0.1) is 6.10 Å². The van der Waals surface area contributed by atoms with Crippen LogP contribution in [0.1, 0.15) is 18.1 Å². The minimum Gasteiger partial charge on any atom is -0.388 e. The maximum absolute atomic E-state index is 11.0. The van der Waals surface area contributed by atoms with E-state index in [0.29, 0.717) is 11.4 Å². The second-order valence-electron chi connectivity index (χ2n) is 7.21. The Morgan fingerprint density at radius 1 is 0.633 bits per heavy atom. The maximum atomic E-state index is 11.0. The summed E-state index contributed by atoms with van der Waals surface area (Å²) in [5.74, 6) is 2.35. The van der Waals surface area contributed by atoms with Crippen LogP contribution in [-0.2, 0) is 0 Å². The first-order chi connectivity index (χ1) is 14.7. The molecule has 150 valence electrons. The van der Waals surface area contributed by atoms with Crippen LogP contribution in [0, 0.1) is 0 Å². The minimum atomic E-state index is -2.05. The minimum absolute atomic E-state index is 0.550. The summed E-state index contributed by atoms with van der Waals surface area (Å²) >= 11 is 6.02. The number of hydrogen-bond acceptors (Lipinski definition) is 1. The van der Waals surface area contributed by atoms with E-state index in [1.165, 1.54) is 15.9 Å². The molecule has 0 amide bonds. The van der Waals surface area contributed by atoms with Crippen LogP contribution in [0.15, 0.2) is 115 Å². The molecule has 1 N–H and O–H groups in total. The molecule has 0 aliphatic rings. The first kappa shape index (κ1) is 20.7. The average Bonchev–Trinajstić information content (AvgIpc) is 2.82. The van der Waals surface area contributed by atoms with Gasteiger partial charge in [-0.15, -0.1) is 0 Å². The zero-order valence-electron chi connectivity index (χ0n) is 16.6. The molecule has 4 aromatic carbocycles. The van der Waals surface area contributed by atoms with E-state index in [1.807, 2.05) is 24.3 Å². The van der Waals surface area contributed by atoms with Crippen molar-refractivity contribution in [3.8, 4) is 0 Å². The van der Waals surface area contributed by atoms with Gasteiger partial charge in [0.1, 0.15) is 0 Å². The van der Waals surface area contributed by atoms with Gasteiger partial charge in [0, 0.05) is 5.02 Å². The van der Waals surface area contributed by atoms with Crippen LogP contribution in [0.2, 0.25) is 5.02 Å². The van der Waals surface area contributed by atoms with Crippen LogP contribution < -0.4 is 15.9 Å². The number of rotatable bonds is 6. The van der Waals surface area contributed by atoms with Crippen molar-refractivity contribution >= 4 is 40.2 Å². The van der Waals surface area contributed by atoms with Crippen molar-refractivity contribution in [1.29, 1.82) is 0 Å². The molecule has 0 saturated carbocycles.